The summed E-state index contributed by atoms with van der Waals surface area (Å²) in [6.45, 7) is 0. The van der Waals surface area contributed by atoms with Gasteiger partial charge in [0.25, 0.3) is 5.91 Å². The normalized spacial score (nSPS) is 10.6. The third kappa shape index (κ3) is 2.99. The van der Waals surface area contributed by atoms with Crippen molar-refractivity contribution in [3.8, 4) is 0 Å². The molecule has 3 rings (SSSR count). The van der Waals surface area contributed by atoms with Gasteiger partial charge >= 0.3 is 0 Å². The number of carbonyl (C=O) groups is 1. The Morgan fingerprint density at radius 3 is 2.71 bits per heavy atom. The fraction of sp³-hybridized carbons (Fsp3) is 0. The Hall–Kier alpha value is -2.10. The minimum atomic E-state index is -0.320. The monoisotopic (exact) mass is 316 g/mol. The number of rotatable bonds is 2. The number of amides is 1. The summed E-state index contributed by atoms with van der Waals surface area (Å²) in [5, 5.41) is 4.54. The molecule has 1 N–H and O–H groups in total. The SMILES string of the molecule is O=C(Nc1cnc2ccccc2c1)c1cc(Cl)ccc1Cl. The molecule has 3 aromatic rings. The zero-order valence-corrected chi connectivity index (χ0v) is 12.3. The number of aromatic nitrogens is 1. The molecule has 0 aliphatic rings. The van der Waals surface area contributed by atoms with Crippen LogP contribution in [0.3, 0.4) is 0 Å². The van der Waals surface area contributed by atoms with Crippen LogP contribution in [-0.2, 0) is 0 Å². The van der Waals surface area contributed by atoms with E-state index in [4.69, 9.17) is 23.2 Å². The minimum Gasteiger partial charge on any atom is -0.321 e. The van der Waals surface area contributed by atoms with Gasteiger partial charge in [-0.2, -0.15) is 0 Å². The van der Waals surface area contributed by atoms with Crippen LogP contribution in [0.25, 0.3) is 10.9 Å². The Morgan fingerprint density at radius 1 is 1.05 bits per heavy atom. The van der Waals surface area contributed by atoms with Crippen LogP contribution in [0.15, 0.2) is 54.7 Å². The molecule has 0 spiro atoms. The highest BCUT2D eigenvalue weighted by Gasteiger charge is 2.11. The van der Waals surface area contributed by atoms with Gasteiger partial charge in [-0.1, -0.05) is 41.4 Å². The number of nitrogens with zero attached hydrogens (tertiary/aromatic N) is 1. The predicted octanol–water partition coefficient (Wildman–Crippen LogP) is 4.79. The fourth-order valence-electron chi connectivity index (χ4n) is 2.01. The van der Waals surface area contributed by atoms with Crippen LogP contribution in [0.5, 0.6) is 0 Å². The summed E-state index contributed by atoms with van der Waals surface area (Å²) in [5.74, 6) is -0.320. The van der Waals surface area contributed by atoms with Crippen LogP contribution in [0.1, 0.15) is 10.4 Å². The van der Waals surface area contributed by atoms with Crippen molar-refractivity contribution in [1.82, 2.24) is 4.98 Å². The Bertz CT molecular complexity index is 833. The third-order valence-electron chi connectivity index (χ3n) is 3.02. The molecule has 21 heavy (non-hydrogen) atoms. The zero-order valence-electron chi connectivity index (χ0n) is 10.8. The molecule has 5 heteroatoms. The average Bonchev–Trinajstić information content (AvgIpc) is 2.49. The number of nitrogens with one attached hydrogen (secondary N) is 1. The van der Waals surface area contributed by atoms with E-state index in [1.54, 1.807) is 18.3 Å². The Morgan fingerprint density at radius 2 is 1.86 bits per heavy atom. The van der Waals surface area contributed by atoms with Crippen LogP contribution in [0.2, 0.25) is 10.0 Å². The number of benzene rings is 2. The third-order valence-corrected chi connectivity index (χ3v) is 3.59. The van der Waals surface area contributed by atoms with E-state index in [2.05, 4.69) is 10.3 Å². The number of hydrogen-bond donors (Lipinski definition) is 1. The van der Waals surface area contributed by atoms with Crippen molar-refractivity contribution in [2.24, 2.45) is 0 Å². The van der Waals surface area contributed by atoms with Crippen LogP contribution < -0.4 is 5.32 Å². The number of pyridine rings is 1. The summed E-state index contributed by atoms with van der Waals surface area (Å²) in [6, 6.07) is 14.3. The summed E-state index contributed by atoms with van der Waals surface area (Å²) in [5.41, 5.74) is 1.81. The Kier molecular flexibility index (Phi) is 3.78. The lowest BCUT2D eigenvalue weighted by molar-refractivity contribution is 0.102. The van der Waals surface area contributed by atoms with Gasteiger partial charge in [0.1, 0.15) is 0 Å². The van der Waals surface area contributed by atoms with Gasteiger partial charge < -0.3 is 5.32 Å². The van der Waals surface area contributed by atoms with Crippen LogP contribution in [-0.4, -0.2) is 10.9 Å². The smallest absolute Gasteiger partial charge is 0.257 e. The number of carbonyl (C=O) groups excluding carboxylic acids is 1. The highest BCUT2D eigenvalue weighted by molar-refractivity contribution is 6.36. The number of para-hydroxylation sites is 1. The first kappa shape index (κ1) is 13.9. The second-order valence-corrected chi connectivity index (χ2v) is 5.34. The number of fused-ring (bicyclic) bond motifs is 1. The topological polar surface area (TPSA) is 42.0 Å². The second kappa shape index (κ2) is 5.72. The van der Waals surface area contributed by atoms with E-state index in [1.165, 1.54) is 6.07 Å². The molecule has 0 aliphatic heterocycles. The first-order valence-corrected chi connectivity index (χ1v) is 7.00. The average molecular weight is 317 g/mol. The van der Waals surface area contributed by atoms with E-state index < -0.39 is 0 Å². The maximum Gasteiger partial charge on any atom is 0.257 e. The summed E-state index contributed by atoms with van der Waals surface area (Å²) in [7, 11) is 0. The van der Waals surface area contributed by atoms with Crippen LogP contribution in [0, 0.1) is 0 Å². The molecule has 0 aliphatic carbocycles. The first-order valence-electron chi connectivity index (χ1n) is 6.25. The van der Waals surface area contributed by atoms with Crippen molar-refractivity contribution in [2.45, 2.75) is 0 Å². The molecule has 0 bridgehead atoms. The van der Waals surface area contributed by atoms with Gasteiger partial charge in [-0.15, -0.1) is 0 Å². The van der Waals surface area contributed by atoms with Crippen molar-refractivity contribution in [3.05, 3.63) is 70.3 Å². The maximum absolute atomic E-state index is 12.2. The number of halogens is 2. The van der Waals surface area contributed by atoms with Gasteiger partial charge in [0.15, 0.2) is 0 Å². The minimum absolute atomic E-state index is 0.320. The molecular weight excluding hydrogens is 307 g/mol. The zero-order chi connectivity index (χ0) is 14.8. The van der Waals surface area contributed by atoms with E-state index in [9.17, 15) is 4.79 Å². The van der Waals surface area contributed by atoms with Gasteiger partial charge in [-0.3, -0.25) is 9.78 Å². The molecule has 0 unspecified atom stereocenters. The van der Waals surface area contributed by atoms with Gasteiger partial charge in [-0.25, -0.2) is 0 Å². The molecule has 3 nitrogen and oxygen atoms in total. The van der Waals surface area contributed by atoms with Crippen LogP contribution in [0.4, 0.5) is 5.69 Å². The predicted molar refractivity (Wildman–Crippen MR) is 86.2 cm³/mol. The quantitative estimate of drug-likeness (QED) is 0.738. The molecule has 2 aromatic carbocycles. The Balaban J connectivity index is 1.90. The van der Waals surface area contributed by atoms with E-state index >= 15 is 0 Å². The van der Waals surface area contributed by atoms with Crippen molar-refractivity contribution in [2.75, 3.05) is 5.32 Å². The molecule has 0 atom stereocenters. The molecule has 1 amide bonds. The Labute approximate surface area is 131 Å². The molecule has 0 saturated heterocycles. The lowest BCUT2D eigenvalue weighted by atomic mass is 10.2. The van der Waals surface area contributed by atoms with Gasteiger partial charge in [0.05, 0.1) is 28.0 Å². The summed E-state index contributed by atoms with van der Waals surface area (Å²) in [6.07, 6.45) is 1.61. The van der Waals surface area contributed by atoms with Crippen molar-refractivity contribution < 1.29 is 4.79 Å². The summed E-state index contributed by atoms with van der Waals surface area (Å²) < 4.78 is 0. The van der Waals surface area contributed by atoms with Gasteiger partial charge in [-0.05, 0) is 30.3 Å². The molecular formula is C16H10Cl2N2O. The van der Waals surface area contributed by atoms with E-state index in [0.717, 1.165) is 10.9 Å². The molecule has 0 fully saturated rings. The largest absolute Gasteiger partial charge is 0.321 e. The van der Waals surface area contributed by atoms with Gasteiger partial charge in [0, 0.05) is 10.4 Å². The summed E-state index contributed by atoms with van der Waals surface area (Å²) in [4.78, 5) is 16.5. The highest BCUT2D eigenvalue weighted by Crippen LogP contribution is 2.22. The van der Waals surface area contributed by atoms with Crippen molar-refractivity contribution in [1.29, 1.82) is 0 Å². The lowest BCUT2D eigenvalue weighted by Crippen LogP contribution is -2.12. The second-order valence-electron chi connectivity index (χ2n) is 4.49. The van der Waals surface area contributed by atoms with Crippen molar-refractivity contribution in [3.63, 3.8) is 0 Å². The fourth-order valence-corrected chi connectivity index (χ4v) is 2.38. The molecule has 1 heterocycles. The first-order chi connectivity index (χ1) is 10.1. The van der Waals surface area contributed by atoms with Crippen LogP contribution >= 0.6 is 23.2 Å². The van der Waals surface area contributed by atoms with Crippen molar-refractivity contribution >= 4 is 45.7 Å². The highest BCUT2D eigenvalue weighted by atomic mass is 35.5. The van der Waals surface area contributed by atoms with E-state index in [0.29, 0.717) is 21.3 Å². The van der Waals surface area contributed by atoms with E-state index in [1.807, 2.05) is 30.3 Å². The number of anilines is 1. The summed E-state index contributed by atoms with van der Waals surface area (Å²) >= 11 is 11.9. The molecule has 0 radical (unpaired) electrons. The molecule has 104 valence electrons. The van der Waals surface area contributed by atoms with E-state index in [-0.39, 0.29) is 5.91 Å². The number of hydrogen-bond acceptors (Lipinski definition) is 2. The molecule has 0 saturated carbocycles. The lowest BCUT2D eigenvalue weighted by Gasteiger charge is -2.08. The van der Waals surface area contributed by atoms with Gasteiger partial charge in [0.2, 0.25) is 0 Å². The maximum atomic E-state index is 12.2. The standard InChI is InChI=1S/C16H10Cl2N2O/c17-11-5-6-14(18)13(8-11)16(21)20-12-7-10-3-1-2-4-15(10)19-9-12/h1-9H,(H,20,21). The molecule has 1 aromatic heterocycles.